The monoisotopic (exact) mass is 139 g/mol. The third kappa shape index (κ3) is 1.15. The highest BCUT2D eigenvalue weighted by molar-refractivity contribution is 5.15. The Balaban J connectivity index is 0.000000231. The van der Waals surface area contributed by atoms with Crippen molar-refractivity contribution in [2.45, 2.75) is 20.4 Å². The molecule has 2 heteroatoms. The summed E-state index contributed by atoms with van der Waals surface area (Å²) in [5.74, 6) is 1.00. The lowest BCUT2D eigenvalue weighted by Gasteiger charge is -1.87. The molecule has 0 amide bonds. The maximum atomic E-state index is 5.20. The van der Waals surface area contributed by atoms with E-state index in [0.717, 1.165) is 19.0 Å². The van der Waals surface area contributed by atoms with E-state index in [1.54, 1.807) is 0 Å². The molecule has 0 aliphatic carbocycles. The zero-order chi connectivity index (χ0) is 7.40. The van der Waals surface area contributed by atoms with E-state index in [1.807, 2.05) is 32.2 Å². The summed E-state index contributed by atoms with van der Waals surface area (Å²) in [6.07, 6.45) is 2.03. The lowest BCUT2D eigenvalue weighted by molar-refractivity contribution is 0.357. The molecule has 0 saturated carbocycles. The van der Waals surface area contributed by atoms with Crippen molar-refractivity contribution in [1.29, 1.82) is 0 Å². The minimum atomic E-state index is 0.843. The fourth-order valence-electron chi connectivity index (χ4n) is 0.963. The lowest BCUT2D eigenvalue weighted by Crippen LogP contribution is -1.89. The van der Waals surface area contributed by atoms with Gasteiger partial charge in [0.15, 0.2) is 5.88 Å². The first-order valence-electron chi connectivity index (χ1n) is 3.75. The second-order valence-electron chi connectivity index (χ2n) is 1.89. The molecule has 2 heterocycles. The van der Waals surface area contributed by atoms with Crippen molar-refractivity contribution in [2.75, 3.05) is 6.61 Å². The Kier molecular flexibility index (Phi) is 2.37. The molecular weight excluding hydrogens is 126 g/mol. The summed E-state index contributed by atoms with van der Waals surface area (Å²) in [6.45, 7) is 5.86. The molecule has 1 aliphatic rings. The van der Waals surface area contributed by atoms with Crippen LogP contribution in [0.2, 0.25) is 0 Å². The SMILES string of the molecule is CC.c1cc2n(c1)CCO2. The molecular formula is C8H13NO. The quantitative estimate of drug-likeness (QED) is 0.535. The lowest BCUT2D eigenvalue weighted by atomic mass is 10.6. The Morgan fingerprint density at radius 1 is 1.50 bits per heavy atom. The van der Waals surface area contributed by atoms with Gasteiger partial charge in [-0.05, 0) is 12.1 Å². The van der Waals surface area contributed by atoms with Gasteiger partial charge in [-0.15, -0.1) is 0 Å². The number of hydrogen-bond acceptors (Lipinski definition) is 1. The summed E-state index contributed by atoms with van der Waals surface area (Å²) in [5.41, 5.74) is 0. The summed E-state index contributed by atoms with van der Waals surface area (Å²) < 4.78 is 7.30. The van der Waals surface area contributed by atoms with E-state index in [-0.39, 0.29) is 0 Å². The van der Waals surface area contributed by atoms with Crippen LogP contribution in [0.1, 0.15) is 13.8 Å². The molecule has 1 aliphatic heterocycles. The van der Waals surface area contributed by atoms with Crippen molar-refractivity contribution in [3.8, 4) is 5.88 Å². The third-order valence-corrected chi connectivity index (χ3v) is 1.37. The summed E-state index contributed by atoms with van der Waals surface area (Å²) in [4.78, 5) is 0. The van der Waals surface area contributed by atoms with Crippen LogP contribution in [0.4, 0.5) is 0 Å². The summed E-state index contributed by atoms with van der Waals surface area (Å²) in [5, 5.41) is 0. The van der Waals surface area contributed by atoms with E-state index in [2.05, 4.69) is 4.57 Å². The van der Waals surface area contributed by atoms with Gasteiger partial charge in [0.2, 0.25) is 0 Å². The Morgan fingerprint density at radius 3 is 3.00 bits per heavy atom. The maximum Gasteiger partial charge on any atom is 0.193 e. The van der Waals surface area contributed by atoms with Gasteiger partial charge < -0.3 is 9.30 Å². The average molecular weight is 139 g/mol. The molecule has 1 aromatic heterocycles. The summed E-state index contributed by atoms with van der Waals surface area (Å²) in [7, 11) is 0. The number of nitrogens with zero attached hydrogens (tertiary/aromatic N) is 1. The molecule has 0 spiro atoms. The van der Waals surface area contributed by atoms with Gasteiger partial charge in [-0.2, -0.15) is 0 Å². The standard InChI is InChI=1S/C6H7NO.C2H6/c1-2-6-7(3-1)4-5-8-6;1-2/h1-3H,4-5H2;1-2H3. The minimum Gasteiger partial charge on any atom is -0.477 e. The van der Waals surface area contributed by atoms with Crippen molar-refractivity contribution < 1.29 is 4.74 Å². The van der Waals surface area contributed by atoms with Gasteiger partial charge in [0.25, 0.3) is 0 Å². The molecule has 0 saturated heterocycles. The van der Waals surface area contributed by atoms with Crippen LogP contribution < -0.4 is 4.74 Å². The van der Waals surface area contributed by atoms with Gasteiger partial charge in [0, 0.05) is 6.20 Å². The third-order valence-electron chi connectivity index (χ3n) is 1.37. The van der Waals surface area contributed by atoms with Gasteiger partial charge in [0.05, 0.1) is 6.54 Å². The number of ether oxygens (including phenoxy) is 1. The Morgan fingerprint density at radius 2 is 2.30 bits per heavy atom. The second kappa shape index (κ2) is 3.30. The van der Waals surface area contributed by atoms with Crippen molar-refractivity contribution >= 4 is 0 Å². The number of hydrogen-bond donors (Lipinski definition) is 0. The van der Waals surface area contributed by atoms with E-state index < -0.39 is 0 Å². The molecule has 0 N–H and O–H groups in total. The van der Waals surface area contributed by atoms with Crippen LogP contribution in [0, 0.1) is 0 Å². The minimum absolute atomic E-state index is 0.843. The molecule has 1 aromatic rings. The maximum absolute atomic E-state index is 5.20. The van der Waals surface area contributed by atoms with Gasteiger partial charge >= 0.3 is 0 Å². The normalized spacial score (nSPS) is 13.0. The van der Waals surface area contributed by atoms with E-state index in [0.29, 0.717) is 0 Å². The zero-order valence-corrected chi connectivity index (χ0v) is 6.50. The Bertz CT molecular complexity index is 174. The van der Waals surface area contributed by atoms with Crippen molar-refractivity contribution in [3.63, 3.8) is 0 Å². The molecule has 2 nitrogen and oxygen atoms in total. The average Bonchev–Trinajstić information content (AvgIpc) is 2.49. The van der Waals surface area contributed by atoms with Crippen LogP contribution in [0.15, 0.2) is 18.3 Å². The summed E-state index contributed by atoms with van der Waals surface area (Å²) in [6, 6.07) is 3.97. The first-order chi connectivity index (χ1) is 4.97. The van der Waals surface area contributed by atoms with Crippen LogP contribution in [0.5, 0.6) is 5.88 Å². The molecule has 0 fully saturated rings. The fraction of sp³-hybridized carbons (Fsp3) is 0.500. The number of aromatic nitrogens is 1. The molecule has 10 heavy (non-hydrogen) atoms. The van der Waals surface area contributed by atoms with E-state index in [1.165, 1.54) is 0 Å². The second-order valence-corrected chi connectivity index (χ2v) is 1.89. The fourth-order valence-corrected chi connectivity index (χ4v) is 0.963. The number of fused-ring (bicyclic) bond motifs is 1. The largest absolute Gasteiger partial charge is 0.477 e. The van der Waals surface area contributed by atoms with Gasteiger partial charge in [-0.1, -0.05) is 13.8 Å². The topological polar surface area (TPSA) is 14.2 Å². The number of rotatable bonds is 0. The van der Waals surface area contributed by atoms with Crippen molar-refractivity contribution in [2.24, 2.45) is 0 Å². The predicted octanol–water partition coefficient (Wildman–Crippen LogP) is 1.91. The van der Waals surface area contributed by atoms with Crippen molar-refractivity contribution in [3.05, 3.63) is 18.3 Å². The van der Waals surface area contributed by atoms with Gasteiger partial charge in [-0.25, -0.2) is 0 Å². The first-order valence-corrected chi connectivity index (χ1v) is 3.75. The molecule has 0 unspecified atom stereocenters. The van der Waals surface area contributed by atoms with Crippen LogP contribution in [-0.2, 0) is 6.54 Å². The molecule has 0 aromatic carbocycles. The van der Waals surface area contributed by atoms with Crippen LogP contribution >= 0.6 is 0 Å². The zero-order valence-electron chi connectivity index (χ0n) is 6.50. The smallest absolute Gasteiger partial charge is 0.193 e. The molecule has 0 radical (unpaired) electrons. The van der Waals surface area contributed by atoms with Crippen LogP contribution in [0.25, 0.3) is 0 Å². The first kappa shape index (κ1) is 7.19. The highest BCUT2D eigenvalue weighted by Gasteiger charge is 2.06. The van der Waals surface area contributed by atoms with E-state index >= 15 is 0 Å². The molecule has 0 atom stereocenters. The molecule has 0 bridgehead atoms. The van der Waals surface area contributed by atoms with Crippen LogP contribution in [0.3, 0.4) is 0 Å². The van der Waals surface area contributed by atoms with E-state index in [9.17, 15) is 0 Å². The Labute approximate surface area is 61.4 Å². The van der Waals surface area contributed by atoms with Gasteiger partial charge in [0.1, 0.15) is 6.61 Å². The highest BCUT2D eigenvalue weighted by atomic mass is 16.5. The highest BCUT2D eigenvalue weighted by Crippen LogP contribution is 2.16. The van der Waals surface area contributed by atoms with Gasteiger partial charge in [-0.3, -0.25) is 0 Å². The summed E-state index contributed by atoms with van der Waals surface area (Å²) >= 11 is 0. The van der Waals surface area contributed by atoms with Crippen LogP contribution in [-0.4, -0.2) is 11.2 Å². The molecule has 56 valence electrons. The van der Waals surface area contributed by atoms with E-state index in [4.69, 9.17) is 4.74 Å². The van der Waals surface area contributed by atoms with Crippen molar-refractivity contribution in [1.82, 2.24) is 4.57 Å². The Hall–Kier alpha value is -0.920. The predicted molar refractivity (Wildman–Crippen MR) is 41.3 cm³/mol. The molecule has 2 rings (SSSR count).